The van der Waals surface area contributed by atoms with E-state index in [0.29, 0.717) is 24.9 Å². The third-order valence-corrected chi connectivity index (χ3v) is 13.9. The highest BCUT2D eigenvalue weighted by Crippen LogP contribution is 2.56. The van der Waals surface area contributed by atoms with Crippen molar-refractivity contribution >= 4 is 28.9 Å². The average molecular weight is 858 g/mol. The van der Waals surface area contributed by atoms with Crippen molar-refractivity contribution in [2.75, 3.05) is 27.3 Å². The molecule has 0 radical (unpaired) electrons. The summed E-state index contributed by atoms with van der Waals surface area (Å²) in [5.74, 6) is 2.29. The first-order valence-electron chi connectivity index (χ1n) is 22.5. The molecule has 3 fully saturated rings. The summed E-state index contributed by atoms with van der Waals surface area (Å²) in [5.41, 5.74) is 10.9. The van der Waals surface area contributed by atoms with E-state index in [4.69, 9.17) is 24.4 Å². The van der Waals surface area contributed by atoms with Crippen LogP contribution in [-0.2, 0) is 25.5 Å². The molecule has 3 amide bonds. The van der Waals surface area contributed by atoms with Gasteiger partial charge in [0.05, 0.1) is 53.9 Å². The van der Waals surface area contributed by atoms with Crippen molar-refractivity contribution in [1.82, 2.24) is 45.4 Å². The van der Waals surface area contributed by atoms with E-state index in [0.717, 1.165) is 77.3 Å². The van der Waals surface area contributed by atoms with Gasteiger partial charge in [0, 0.05) is 37.5 Å². The SMILES string of the molecule is COC(=O)NC(C(=O)N1CCCC1c1nc2ccc(-c3ccc(-c4ccc(-c5cnc(C6CCCN6C(=O)C(NC(O)OC)C(C)C)[nH]5)cn4)c4c3CC3CCC43)cc2[nH]1)C(C)C. The van der Waals surface area contributed by atoms with Gasteiger partial charge in [-0.2, -0.15) is 0 Å². The number of rotatable bonds is 13. The Labute approximate surface area is 367 Å². The molecule has 2 aliphatic carbocycles. The van der Waals surface area contributed by atoms with Gasteiger partial charge in [0.1, 0.15) is 17.7 Å². The van der Waals surface area contributed by atoms with Crippen LogP contribution >= 0.6 is 0 Å². The van der Waals surface area contributed by atoms with Crippen LogP contribution in [0.15, 0.2) is 54.9 Å². The minimum atomic E-state index is -1.23. The maximum absolute atomic E-state index is 13.8. The summed E-state index contributed by atoms with van der Waals surface area (Å²) in [5, 5.41) is 15.7. The second kappa shape index (κ2) is 17.5. The van der Waals surface area contributed by atoms with E-state index in [2.05, 4.69) is 63.1 Å². The smallest absolute Gasteiger partial charge is 0.407 e. The van der Waals surface area contributed by atoms with E-state index in [-0.39, 0.29) is 35.7 Å². The Bertz CT molecular complexity index is 2500. The fourth-order valence-electron chi connectivity index (χ4n) is 10.4. The number of ether oxygens (including phenoxy) is 2. The maximum atomic E-state index is 13.8. The van der Waals surface area contributed by atoms with Crippen molar-refractivity contribution < 1.29 is 29.0 Å². The standard InChI is InChI=1S/C48H59N9O6/c1-25(2)41(54-47(60)62-5)45(58)56-19-7-9-38(56)43-50-24-37(53-43)29-13-17-34(49-23-29)32-16-15-30(33-21-27-11-14-31(27)40(32)33)28-12-18-35-36(22-28)52-44(51-35)39-10-8-20-57(39)46(59)42(26(3)4)55-48(61)63-6/h12-13,15-18,22-27,31,38-39,41-42,47,54,60H,7-11,14,19-21H2,1-6H3,(H,50,53)(H,51,52)(H,55,61). The van der Waals surface area contributed by atoms with Gasteiger partial charge in [0.2, 0.25) is 18.2 Å². The molecule has 5 heterocycles. The lowest BCUT2D eigenvalue weighted by molar-refractivity contribution is -0.145. The van der Waals surface area contributed by atoms with Crippen molar-refractivity contribution in [3.8, 4) is 33.6 Å². The van der Waals surface area contributed by atoms with Gasteiger partial charge < -0.3 is 39.7 Å². The number of carbonyl (C=O) groups is 3. The number of pyridine rings is 1. The summed E-state index contributed by atoms with van der Waals surface area (Å²) < 4.78 is 9.79. The molecule has 2 saturated heterocycles. The van der Waals surface area contributed by atoms with Gasteiger partial charge >= 0.3 is 6.09 Å². The Morgan fingerprint density at radius 2 is 1.49 bits per heavy atom. The number of methoxy groups -OCH3 is 2. The first-order valence-corrected chi connectivity index (χ1v) is 22.5. The van der Waals surface area contributed by atoms with E-state index in [9.17, 15) is 19.5 Å². The second-order valence-electron chi connectivity index (χ2n) is 18.4. The topological polar surface area (TPSA) is 191 Å². The third-order valence-electron chi connectivity index (χ3n) is 13.9. The highest BCUT2D eigenvalue weighted by Gasteiger charge is 2.43. The molecular weight excluding hydrogens is 799 g/mol. The number of H-pyrrole nitrogens is 2. The lowest BCUT2D eigenvalue weighted by Crippen LogP contribution is -2.52. The number of imidazole rings is 2. The monoisotopic (exact) mass is 857 g/mol. The molecule has 5 N–H and O–H groups in total. The van der Waals surface area contributed by atoms with Crippen LogP contribution in [-0.4, -0.2) is 104 Å². The van der Waals surface area contributed by atoms with Crippen molar-refractivity contribution in [2.24, 2.45) is 17.8 Å². The van der Waals surface area contributed by atoms with Gasteiger partial charge in [-0.3, -0.25) is 19.9 Å². The molecule has 0 spiro atoms. The van der Waals surface area contributed by atoms with E-state index in [1.165, 1.54) is 49.3 Å². The predicted molar refractivity (Wildman–Crippen MR) is 238 cm³/mol. The van der Waals surface area contributed by atoms with E-state index in [1.807, 2.05) is 49.9 Å². The number of hydrogen-bond acceptors (Lipinski definition) is 10. The molecule has 7 unspecified atom stereocenters. The number of amides is 3. The summed E-state index contributed by atoms with van der Waals surface area (Å²) >= 11 is 0. The van der Waals surface area contributed by atoms with Crippen molar-refractivity contribution in [1.29, 1.82) is 0 Å². The molecule has 15 heteroatoms. The fourth-order valence-corrected chi connectivity index (χ4v) is 10.4. The number of hydrogen-bond donors (Lipinski definition) is 5. The number of fused-ring (bicyclic) bond motifs is 4. The minimum absolute atomic E-state index is 0.0497. The van der Waals surface area contributed by atoms with Crippen LogP contribution in [0.3, 0.4) is 0 Å². The van der Waals surface area contributed by atoms with Crippen LogP contribution < -0.4 is 10.6 Å². The Morgan fingerprint density at radius 1 is 0.794 bits per heavy atom. The van der Waals surface area contributed by atoms with Crippen LogP contribution in [0.2, 0.25) is 0 Å². The van der Waals surface area contributed by atoms with E-state index < -0.39 is 24.6 Å². The number of carbonyl (C=O) groups excluding carboxylic acids is 3. The molecule has 3 aromatic heterocycles. The predicted octanol–water partition coefficient (Wildman–Crippen LogP) is 6.98. The quantitative estimate of drug-likeness (QED) is 0.0773. The molecule has 4 aliphatic rings. The van der Waals surface area contributed by atoms with Crippen LogP contribution in [0.5, 0.6) is 0 Å². The number of nitrogens with one attached hydrogen (secondary N) is 4. The molecule has 2 aliphatic heterocycles. The fraction of sp³-hybridized carbons (Fsp3) is 0.500. The van der Waals surface area contributed by atoms with Crippen molar-refractivity contribution in [3.63, 3.8) is 0 Å². The van der Waals surface area contributed by atoms with Crippen LogP contribution in [0, 0.1) is 17.8 Å². The summed E-state index contributed by atoms with van der Waals surface area (Å²) in [6, 6.07) is 13.4. The number of aromatic amines is 2. The van der Waals surface area contributed by atoms with Gasteiger partial charge in [0.25, 0.3) is 0 Å². The Hall–Kier alpha value is -5.64. The minimum Gasteiger partial charge on any atom is -0.453 e. The normalized spacial score (nSPS) is 22.0. The van der Waals surface area contributed by atoms with Crippen LogP contribution in [0.4, 0.5) is 4.79 Å². The van der Waals surface area contributed by atoms with E-state index in [1.54, 1.807) is 0 Å². The second-order valence-corrected chi connectivity index (χ2v) is 18.4. The van der Waals surface area contributed by atoms with Gasteiger partial charge in [0.15, 0.2) is 0 Å². The summed E-state index contributed by atoms with van der Waals surface area (Å²) in [6.45, 7) is 8.96. The first kappa shape index (κ1) is 42.7. The molecule has 2 aromatic carbocycles. The number of benzene rings is 2. The van der Waals surface area contributed by atoms with Gasteiger partial charge in [-0.25, -0.2) is 14.8 Å². The van der Waals surface area contributed by atoms with Gasteiger partial charge in [-0.05, 0) is 115 Å². The summed E-state index contributed by atoms with van der Waals surface area (Å²) in [4.78, 5) is 65.1. The molecule has 1 saturated carbocycles. The number of aromatic nitrogens is 5. The van der Waals surface area contributed by atoms with Crippen LogP contribution in [0.1, 0.15) is 107 Å². The number of nitrogens with zero attached hydrogens (tertiary/aromatic N) is 5. The zero-order valence-corrected chi connectivity index (χ0v) is 37.0. The summed E-state index contributed by atoms with van der Waals surface area (Å²) in [7, 11) is 2.70. The molecule has 332 valence electrons. The number of aliphatic hydroxyl groups excluding tert-OH is 1. The van der Waals surface area contributed by atoms with Crippen molar-refractivity contribution in [3.05, 3.63) is 77.6 Å². The molecule has 15 nitrogen and oxygen atoms in total. The van der Waals surface area contributed by atoms with E-state index >= 15 is 0 Å². The molecule has 5 aromatic rings. The molecule has 7 atom stereocenters. The molecule has 9 rings (SSSR count). The zero-order chi connectivity index (χ0) is 44.1. The zero-order valence-electron chi connectivity index (χ0n) is 37.0. The number of aliphatic hydroxyl groups is 1. The van der Waals surface area contributed by atoms with Gasteiger partial charge in [-0.15, -0.1) is 0 Å². The Morgan fingerprint density at radius 3 is 2.14 bits per heavy atom. The number of alkyl carbamates (subject to hydrolysis) is 1. The Kier molecular flexibility index (Phi) is 11.8. The lowest BCUT2D eigenvalue weighted by Gasteiger charge is -2.31. The third kappa shape index (κ3) is 7.99. The van der Waals surface area contributed by atoms with Crippen LogP contribution in [0.25, 0.3) is 44.7 Å². The first-order chi connectivity index (χ1) is 30.4. The highest BCUT2D eigenvalue weighted by atomic mass is 16.6. The van der Waals surface area contributed by atoms with Gasteiger partial charge in [-0.1, -0.05) is 45.9 Å². The summed E-state index contributed by atoms with van der Waals surface area (Å²) in [6.07, 6.45) is 8.64. The molecule has 0 bridgehead atoms. The average Bonchev–Trinajstić information content (AvgIpc) is 4.13. The maximum Gasteiger partial charge on any atom is 0.407 e. The number of likely N-dealkylation sites (tertiary alicyclic amines) is 2. The molecule has 63 heavy (non-hydrogen) atoms. The lowest BCUT2D eigenvalue weighted by atomic mass is 9.73. The largest absolute Gasteiger partial charge is 0.453 e. The van der Waals surface area contributed by atoms with Crippen molar-refractivity contribution in [2.45, 2.75) is 109 Å². The highest BCUT2D eigenvalue weighted by molar-refractivity contribution is 5.88. The molecular formula is C48H59N9O6. The Balaban J connectivity index is 0.945.